The molecular weight excluding hydrogens is 384 g/mol. The maximum Gasteiger partial charge on any atom is 0.340 e. The van der Waals surface area contributed by atoms with Gasteiger partial charge >= 0.3 is 11.9 Å². The van der Waals surface area contributed by atoms with Gasteiger partial charge in [0, 0.05) is 40.6 Å². The summed E-state index contributed by atoms with van der Waals surface area (Å²) in [4.78, 5) is 40.1. The number of nitrogens with one attached hydrogen (secondary N) is 1. The van der Waals surface area contributed by atoms with Crippen LogP contribution >= 0.6 is 11.6 Å². The van der Waals surface area contributed by atoms with E-state index >= 15 is 0 Å². The van der Waals surface area contributed by atoms with Gasteiger partial charge in [-0.2, -0.15) is 0 Å². The molecule has 3 aliphatic heterocycles. The van der Waals surface area contributed by atoms with Crippen molar-refractivity contribution in [3.63, 3.8) is 0 Å². The first-order chi connectivity index (χ1) is 13.5. The number of anilines is 1. The molecule has 1 fully saturated rings. The topological polar surface area (TPSA) is 84.9 Å². The third-order valence-corrected chi connectivity index (χ3v) is 5.73. The van der Waals surface area contributed by atoms with E-state index in [9.17, 15) is 14.4 Å². The first kappa shape index (κ1) is 18.6. The van der Waals surface area contributed by atoms with Gasteiger partial charge in [-0.15, -0.1) is 0 Å². The Bertz CT molecular complexity index is 952. The third kappa shape index (κ3) is 2.77. The summed E-state index contributed by atoms with van der Waals surface area (Å²) in [5.74, 6) is -2.40. The highest BCUT2D eigenvalue weighted by Gasteiger charge is 2.42. The Morgan fingerprint density at radius 3 is 2.68 bits per heavy atom. The average molecular weight is 403 g/mol. The second-order valence-electron chi connectivity index (χ2n) is 6.90. The second-order valence-corrected chi connectivity index (χ2v) is 7.31. The van der Waals surface area contributed by atoms with E-state index in [2.05, 4.69) is 5.32 Å². The van der Waals surface area contributed by atoms with Gasteiger partial charge in [0.25, 0.3) is 0 Å². The second kappa shape index (κ2) is 6.98. The van der Waals surface area contributed by atoms with Crippen molar-refractivity contribution in [1.82, 2.24) is 4.90 Å². The quantitative estimate of drug-likeness (QED) is 0.765. The third-order valence-electron chi connectivity index (χ3n) is 5.42. The smallest absolute Gasteiger partial charge is 0.340 e. The highest BCUT2D eigenvalue weighted by Crippen LogP contribution is 2.46. The summed E-state index contributed by atoms with van der Waals surface area (Å²) >= 11 is 6.49. The largest absolute Gasteiger partial charge is 0.466 e. The van der Waals surface area contributed by atoms with Gasteiger partial charge in [0.05, 0.1) is 31.3 Å². The van der Waals surface area contributed by atoms with Crippen molar-refractivity contribution in [3.8, 4) is 0 Å². The maximum absolute atomic E-state index is 12.9. The van der Waals surface area contributed by atoms with Gasteiger partial charge in [-0.3, -0.25) is 4.79 Å². The molecule has 8 heteroatoms. The van der Waals surface area contributed by atoms with Gasteiger partial charge in [-0.25, -0.2) is 9.59 Å². The van der Waals surface area contributed by atoms with E-state index in [1.807, 2.05) is 4.90 Å². The fraction of sp³-hybridized carbons (Fsp3) is 0.350. The number of fused-ring (bicyclic) bond motifs is 1. The van der Waals surface area contributed by atoms with Crippen LogP contribution in [0.2, 0.25) is 5.02 Å². The Morgan fingerprint density at radius 1 is 1.21 bits per heavy atom. The molecule has 1 aromatic rings. The van der Waals surface area contributed by atoms with Gasteiger partial charge < -0.3 is 19.7 Å². The number of hydrogen-bond acceptors (Lipinski definition) is 6. The molecule has 0 aliphatic carbocycles. The molecule has 4 rings (SSSR count). The zero-order valence-corrected chi connectivity index (χ0v) is 16.2. The summed E-state index contributed by atoms with van der Waals surface area (Å²) in [7, 11) is 2.58. The molecule has 0 bridgehead atoms. The number of rotatable bonds is 2. The van der Waals surface area contributed by atoms with E-state index < -0.39 is 17.9 Å². The van der Waals surface area contributed by atoms with E-state index in [0.717, 1.165) is 12.8 Å². The van der Waals surface area contributed by atoms with Crippen molar-refractivity contribution in [2.24, 2.45) is 0 Å². The molecule has 0 radical (unpaired) electrons. The highest BCUT2D eigenvalue weighted by molar-refractivity contribution is 6.35. The minimum atomic E-state index is -0.912. The van der Waals surface area contributed by atoms with E-state index in [1.165, 1.54) is 14.2 Å². The van der Waals surface area contributed by atoms with Gasteiger partial charge in [0.1, 0.15) is 0 Å². The fourth-order valence-electron chi connectivity index (χ4n) is 4.16. The van der Waals surface area contributed by atoms with Crippen molar-refractivity contribution in [2.45, 2.75) is 24.8 Å². The number of amides is 1. The van der Waals surface area contributed by atoms with Crippen LogP contribution < -0.4 is 5.32 Å². The number of esters is 2. The van der Waals surface area contributed by atoms with Crippen LogP contribution in [0, 0.1) is 0 Å². The number of nitrogens with zero attached hydrogens (tertiary/aromatic N) is 1. The first-order valence-corrected chi connectivity index (χ1v) is 9.33. The van der Waals surface area contributed by atoms with Crippen LogP contribution in [0.5, 0.6) is 0 Å². The standard InChI is InChI=1S/C20H19ClN2O5/c1-27-19(25)11-8-10-4-3-7-23(10)9-12(20(26)28-2)15-13(21)5-6-14-17(15)16(11)18(24)22-14/h5-6,8-10,16H,3-4,7H2,1-2H3,(H,22,24)/b11-8+,12-9+/t10-,16-/m1/s1. The molecule has 3 heterocycles. The average Bonchev–Trinajstić information content (AvgIpc) is 3.27. The Balaban J connectivity index is 2.05. The number of methoxy groups -OCH3 is 2. The molecule has 1 aromatic carbocycles. The Morgan fingerprint density at radius 2 is 1.96 bits per heavy atom. The monoisotopic (exact) mass is 402 g/mol. The Kier molecular flexibility index (Phi) is 4.63. The lowest BCUT2D eigenvalue weighted by Gasteiger charge is -2.22. The van der Waals surface area contributed by atoms with Crippen LogP contribution in [0.4, 0.5) is 5.69 Å². The SMILES string of the molecule is COC(=O)/C1=C/N2CCC[C@@H]2/C=C(/C(=O)OC)[C@H]2C(=O)Nc3ccc(Cl)c1c32. The van der Waals surface area contributed by atoms with Crippen LogP contribution in [-0.4, -0.2) is 49.6 Å². The summed E-state index contributed by atoms with van der Waals surface area (Å²) in [6.45, 7) is 0.708. The van der Waals surface area contributed by atoms with Crippen molar-refractivity contribution >= 4 is 40.7 Å². The number of carbonyl (C=O) groups is 3. The highest BCUT2D eigenvalue weighted by atomic mass is 35.5. The van der Waals surface area contributed by atoms with Gasteiger partial charge in [0.15, 0.2) is 0 Å². The molecule has 1 amide bonds. The molecule has 28 heavy (non-hydrogen) atoms. The summed E-state index contributed by atoms with van der Waals surface area (Å²) in [5, 5.41) is 3.09. The zero-order chi connectivity index (χ0) is 20.0. The predicted molar refractivity (Wildman–Crippen MR) is 103 cm³/mol. The summed E-state index contributed by atoms with van der Waals surface area (Å²) in [6.07, 6.45) is 5.18. The first-order valence-electron chi connectivity index (χ1n) is 8.95. The lowest BCUT2D eigenvalue weighted by molar-refractivity contribution is -0.137. The van der Waals surface area contributed by atoms with Crippen LogP contribution in [0.15, 0.2) is 30.0 Å². The van der Waals surface area contributed by atoms with Gasteiger partial charge in [0.2, 0.25) is 5.91 Å². The van der Waals surface area contributed by atoms with Crippen molar-refractivity contribution in [1.29, 1.82) is 0 Å². The molecule has 1 N–H and O–H groups in total. The van der Waals surface area contributed by atoms with Crippen LogP contribution in [0.25, 0.3) is 5.57 Å². The molecule has 146 valence electrons. The molecule has 2 atom stereocenters. The van der Waals surface area contributed by atoms with Crippen LogP contribution in [0.3, 0.4) is 0 Å². The van der Waals surface area contributed by atoms with Crippen LogP contribution in [0.1, 0.15) is 29.9 Å². The molecular formula is C20H19ClN2O5. The lowest BCUT2D eigenvalue weighted by atomic mass is 9.86. The maximum atomic E-state index is 12.9. The molecule has 0 aromatic heterocycles. The number of carbonyl (C=O) groups excluding carboxylic acids is 3. The molecule has 7 nitrogen and oxygen atoms in total. The minimum Gasteiger partial charge on any atom is -0.466 e. The van der Waals surface area contributed by atoms with E-state index in [1.54, 1.807) is 24.4 Å². The molecule has 0 unspecified atom stereocenters. The van der Waals surface area contributed by atoms with Crippen molar-refractivity contribution in [3.05, 3.63) is 46.1 Å². The molecule has 1 saturated heterocycles. The minimum absolute atomic E-state index is 0.140. The lowest BCUT2D eigenvalue weighted by Crippen LogP contribution is -2.26. The Hall–Kier alpha value is -2.80. The van der Waals surface area contributed by atoms with E-state index in [0.29, 0.717) is 28.4 Å². The van der Waals surface area contributed by atoms with Crippen molar-refractivity contribution in [2.75, 3.05) is 26.1 Å². The molecule has 0 saturated carbocycles. The summed E-state index contributed by atoms with van der Waals surface area (Å²) in [5.41, 5.74) is 1.92. The van der Waals surface area contributed by atoms with E-state index in [4.69, 9.17) is 21.1 Å². The molecule has 3 aliphatic rings. The fourth-order valence-corrected chi connectivity index (χ4v) is 4.43. The predicted octanol–water partition coefficient (Wildman–Crippen LogP) is 2.47. The summed E-state index contributed by atoms with van der Waals surface area (Å²) < 4.78 is 9.97. The number of hydrogen-bond donors (Lipinski definition) is 1. The normalized spacial score (nSPS) is 26.4. The van der Waals surface area contributed by atoms with E-state index in [-0.39, 0.29) is 23.1 Å². The van der Waals surface area contributed by atoms with Crippen molar-refractivity contribution < 1.29 is 23.9 Å². The Labute approximate surface area is 166 Å². The number of ether oxygens (including phenoxy) is 2. The van der Waals surface area contributed by atoms with Gasteiger partial charge in [-0.1, -0.05) is 17.7 Å². The number of benzene rings is 1. The zero-order valence-electron chi connectivity index (χ0n) is 15.5. The van der Waals surface area contributed by atoms with Crippen LogP contribution in [-0.2, 0) is 23.9 Å². The summed E-state index contributed by atoms with van der Waals surface area (Å²) in [6, 6.07) is 3.15. The van der Waals surface area contributed by atoms with Gasteiger partial charge in [-0.05, 0) is 25.0 Å². The number of halogens is 1. The molecule has 0 spiro atoms.